The summed E-state index contributed by atoms with van der Waals surface area (Å²) in [5.74, 6) is -0.654. The first-order valence-electron chi connectivity index (χ1n) is 8.98. The molecule has 0 saturated heterocycles. The van der Waals surface area contributed by atoms with E-state index in [1.807, 2.05) is 24.3 Å². The maximum Gasteiger partial charge on any atom is 0.259 e. The van der Waals surface area contributed by atoms with E-state index < -0.39 is 5.54 Å². The molecule has 6 heteroatoms. The zero-order valence-electron chi connectivity index (χ0n) is 16.2. The Morgan fingerprint density at radius 1 is 1.07 bits per heavy atom. The highest BCUT2D eigenvalue weighted by atomic mass is 16.2. The topological polar surface area (TPSA) is 69.7 Å². The van der Waals surface area contributed by atoms with Crippen molar-refractivity contribution in [3.8, 4) is 0 Å². The van der Waals surface area contributed by atoms with E-state index in [1.54, 1.807) is 55.0 Å². The Balaban J connectivity index is 1.92. The molecule has 0 saturated carbocycles. The third-order valence-electron chi connectivity index (χ3n) is 4.93. The van der Waals surface area contributed by atoms with Gasteiger partial charge in [-0.25, -0.2) is 0 Å². The van der Waals surface area contributed by atoms with Crippen molar-refractivity contribution in [1.29, 1.82) is 0 Å². The lowest BCUT2D eigenvalue weighted by Crippen LogP contribution is -2.61. The van der Waals surface area contributed by atoms with Gasteiger partial charge in [-0.1, -0.05) is 30.8 Å². The van der Waals surface area contributed by atoms with Crippen molar-refractivity contribution in [2.75, 3.05) is 16.8 Å². The van der Waals surface area contributed by atoms with Crippen LogP contribution in [0.1, 0.15) is 29.8 Å². The maximum absolute atomic E-state index is 13.3. The fourth-order valence-electron chi connectivity index (χ4n) is 3.37. The van der Waals surface area contributed by atoms with Crippen LogP contribution >= 0.6 is 0 Å². The van der Waals surface area contributed by atoms with Crippen LogP contribution in [-0.2, 0) is 16.1 Å². The number of carbonyl (C=O) groups excluding carboxylic acids is 3. The van der Waals surface area contributed by atoms with Crippen molar-refractivity contribution in [2.24, 2.45) is 0 Å². The van der Waals surface area contributed by atoms with E-state index in [2.05, 4.69) is 11.9 Å². The molecule has 1 aliphatic rings. The predicted molar refractivity (Wildman–Crippen MR) is 109 cm³/mol. The molecule has 144 valence electrons. The Hall–Kier alpha value is -3.41. The van der Waals surface area contributed by atoms with Crippen molar-refractivity contribution < 1.29 is 14.4 Å². The van der Waals surface area contributed by atoms with Crippen LogP contribution in [0.2, 0.25) is 0 Å². The molecule has 0 spiro atoms. The number of anilines is 2. The summed E-state index contributed by atoms with van der Waals surface area (Å²) < 4.78 is 0. The quantitative estimate of drug-likeness (QED) is 0.833. The Labute approximate surface area is 164 Å². The van der Waals surface area contributed by atoms with Crippen molar-refractivity contribution in [3.63, 3.8) is 0 Å². The lowest BCUT2D eigenvalue weighted by molar-refractivity contribution is -0.122. The second kappa shape index (κ2) is 7.31. The number of hydrogen-bond acceptors (Lipinski definition) is 3. The zero-order chi connectivity index (χ0) is 20.5. The first-order valence-corrected chi connectivity index (χ1v) is 8.98. The third kappa shape index (κ3) is 3.29. The van der Waals surface area contributed by atoms with Crippen LogP contribution in [0.3, 0.4) is 0 Å². The fourth-order valence-corrected chi connectivity index (χ4v) is 3.37. The first-order chi connectivity index (χ1) is 13.3. The SMILES string of the molecule is C=CC(=O)NCc1ccc(C(=O)N2c3ccccc3N(C)C(=O)C2(C)C)cc1. The van der Waals surface area contributed by atoms with E-state index in [0.717, 1.165) is 5.56 Å². The molecule has 2 aromatic carbocycles. The Morgan fingerprint density at radius 3 is 2.29 bits per heavy atom. The van der Waals surface area contributed by atoms with Gasteiger partial charge in [0.05, 0.1) is 11.4 Å². The molecule has 3 rings (SSSR count). The number of nitrogens with zero attached hydrogens (tertiary/aromatic N) is 2. The van der Waals surface area contributed by atoms with Crippen molar-refractivity contribution in [1.82, 2.24) is 5.32 Å². The summed E-state index contributed by atoms with van der Waals surface area (Å²) in [4.78, 5) is 40.6. The summed E-state index contributed by atoms with van der Waals surface area (Å²) in [6, 6.07) is 14.4. The summed E-state index contributed by atoms with van der Waals surface area (Å²) in [6.45, 7) is 7.26. The van der Waals surface area contributed by atoms with Gasteiger partial charge < -0.3 is 10.2 Å². The largest absolute Gasteiger partial charge is 0.348 e. The number of fused-ring (bicyclic) bond motifs is 1. The Morgan fingerprint density at radius 2 is 1.68 bits per heavy atom. The maximum atomic E-state index is 13.3. The van der Waals surface area contributed by atoms with Crippen LogP contribution in [0.5, 0.6) is 0 Å². The van der Waals surface area contributed by atoms with Crippen LogP contribution in [-0.4, -0.2) is 30.3 Å². The van der Waals surface area contributed by atoms with Gasteiger partial charge in [0.2, 0.25) is 5.91 Å². The number of carbonyl (C=O) groups is 3. The average molecular weight is 377 g/mol. The number of hydrogen-bond donors (Lipinski definition) is 1. The summed E-state index contributed by atoms with van der Waals surface area (Å²) in [5.41, 5.74) is 1.71. The van der Waals surface area contributed by atoms with Gasteiger partial charge in [0, 0.05) is 19.2 Å². The molecule has 0 atom stereocenters. The molecule has 0 fully saturated rings. The molecule has 6 nitrogen and oxygen atoms in total. The smallest absolute Gasteiger partial charge is 0.259 e. The fraction of sp³-hybridized carbons (Fsp3) is 0.227. The van der Waals surface area contributed by atoms with Gasteiger partial charge in [0.25, 0.3) is 11.8 Å². The molecule has 1 aliphatic heterocycles. The highest BCUT2D eigenvalue weighted by Gasteiger charge is 2.46. The average Bonchev–Trinajstić information content (AvgIpc) is 2.70. The zero-order valence-corrected chi connectivity index (χ0v) is 16.2. The monoisotopic (exact) mass is 377 g/mol. The van der Waals surface area contributed by atoms with Crippen molar-refractivity contribution >= 4 is 29.1 Å². The predicted octanol–water partition coefficient (Wildman–Crippen LogP) is 2.89. The lowest BCUT2D eigenvalue weighted by Gasteiger charge is -2.45. The highest BCUT2D eigenvalue weighted by molar-refractivity contribution is 6.19. The van der Waals surface area contributed by atoms with Gasteiger partial charge in [0.15, 0.2) is 0 Å². The molecule has 0 aliphatic carbocycles. The van der Waals surface area contributed by atoms with Gasteiger partial charge >= 0.3 is 0 Å². The van der Waals surface area contributed by atoms with E-state index in [4.69, 9.17) is 0 Å². The minimum atomic E-state index is -1.02. The first kappa shape index (κ1) is 19.4. The second-order valence-electron chi connectivity index (χ2n) is 7.17. The van der Waals surface area contributed by atoms with E-state index in [1.165, 1.54) is 6.08 Å². The summed E-state index contributed by atoms with van der Waals surface area (Å²) in [6.07, 6.45) is 1.21. The van der Waals surface area contributed by atoms with Gasteiger partial charge in [-0.15, -0.1) is 0 Å². The van der Waals surface area contributed by atoms with E-state index >= 15 is 0 Å². The van der Waals surface area contributed by atoms with Crippen LogP contribution in [0, 0.1) is 0 Å². The molecule has 28 heavy (non-hydrogen) atoms. The number of para-hydroxylation sites is 2. The molecule has 0 radical (unpaired) electrons. The number of nitrogens with one attached hydrogen (secondary N) is 1. The van der Waals surface area contributed by atoms with Gasteiger partial charge in [-0.05, 0) is 49.8 Å². The number of rotatable bonds is 4. The van der Waals surface area contributed by atoms with E-state index in [-0.39, 0.29) is 17.7 Å². The molecule has 0 bridgehead atoms. The van der Waals surface area contributed by atoms with Gasteiger partial charge in [-0.3, -0.25) is 19.3 Å². The Bertz CT molecular complexity index is 948. The third-order valence-corrected chi connectivity index (χ3v) is 4.93. The van der Waals surface area contributed by atoms with E-state index in [0.29, 0.717) is 23.5 Å². The Kier molecular flexibility index (Phi) is 5.05. The molecule has 0 aromatic heterocycles. The summed E-state index contributed by atoms with van der Waals surface area (Å²) >= 11 is 0. The minimum Gasteiger partial charge on any atom is -0.348 e. The molecular weight excluding hydrogens is 354 g/mol. The molecule has 2 aromatic rings. The second-order valence-corrected chi connectivity index (χ2v) is 7.17. The molecule has 1 N–H and O–H groups in total. The summed E-state index contributed by atoms with van der Waals surface area (Å²) in [7, 11) is 1.72. The molecule has 3 amide bonds. The molecule has 1 heterocycles. The van der Waals surface area contributed by atoms with Crippen LogP contribution in [0.25, 0.3) is 0 Å². The summed E-state index contributed by atoms with van der Waals surface area (Å²) in [5, 5.41) is 2.69. The van der Waals surface area contributed by atoms with Crippen LogP contribution in [0.4, 0.5) is 11.4 Å². The van der Waals surface area contributed by atoms with Crippen molar-refractivity contribution in [2.45, 2.75) is 25.9 Å². The molecule has 0 unspecified atom stereocenters. The van der Waals surface area contributed by atoms with Crippen LogP contribution in [0.15, 0.2) is 61.2 Å². The van der Waals surface area contributed by atoms with Gasteiger partial charge in [-0.2, -0.15) is 0 Å². The molecular formula is C22H23N3O3. The standard InChI is InChI=1S/C22H23N3O3/c1-5-19(26)23-14-15-10-12-16(13-11-15)20(27)25-18-9-7-6-8-17(18)24(4)21(28)22(25,2)3/h5-13H,1,14H2,2-4H3,(H,23,26). The van der Waals surface area contributed by atoms with E-state index in [9.17, 15) is 14.4 Å². The van der Waals surface area contributed by atoms with Crippen LogP contribution < -0.4 is 15.1 Å². The highest BCUT2D eigenvalue weighted by Crippen LogP contribution is 2.40. The number of amides is 3. The normalized spacial score (nSPS) is 15.0. The lowest BCUT2D eigenvalue weighted by atomic mass is 9.93. The minimum absolute atomic E-state index is 0.150. The number of benzene rings is 2. The number of likely N-dealkylation sites (N-methyl/N-ethyl adjacent to an activating group) is 1. The van der Waals surface area contributed by atoms with Crippen molar-refractivity contribution in [3.05, 3.63) is 72.3 Å². The van der Waals surface area contributed by atoms with Gasteiger partial charge in [0.1, 0.15) is 5.54 Å².